The lowest BCUT2D eigenvalue weighted by atomic mass is 9.95. The van der Waals surface area contributed by atoms with Crippen molar-refractivity contribution < 1.29 is 12.8 Å². The number of furan rings is 1. The van der Waals surface area contributed by atoms with Crippen LogP contribution in [0.15, 0.2) is 27.8 Å². The van der Waals surface area contributed by atoms with Crippen LogP contribution in [0, 0.1) is 11.8 Å². The van der Waals surface area contributed by atoms with Crippen LogP contribution in [0.1, 0.15) is 51.2 Å². The first-order chi connectivity index (χ1) is 14.0. The van der Waals surface area contributed by atoms with Gasteiger partial charge in [0.2, 0.25) is 10.0 Å². The van der Waals surface area contributed by atoms with Crippen molar-refractivity contribution in [1.29, 1.82) is 0 Å². The van der Waals surface area contributed by atoms with Gasteiger partial charge in [0, 0.05) is 38.1 Å². The summed E-state index contributed by atoms with van der Waals surface area (Å²) in [6.45, 7) is 3.55. The van der Waals surface area contributed by atoms with Crippen molar-refractivity contribution in [2.75, 3.05) is 25.4 Å². The Morgan fingerprint density at radius 2 is 2.03 bits per heavy atom. The molecule has 1 saturated heterocycles. The van der Waals surface area contributed by atoms with E-state index in [4.69, 9.17) is 9.41 Å². The Hall–Kier alpha value is -1.54. The molecule has 3 fully saturated rings. The van der Waals surface area contributed by atoms with Crippen LogP contribution >= 0.6 is 0 Å². The molecule has 29 heavy (non-hydrogen) atoms. The van der Waals surface area contributed by atoms with Gasteiger partial charge in [-0.2, -0.15) is 0 Å². The van der Waals surface area contributed by atoms with Gasteiger partial charge in [0.1, 0.15) is 5.76 Å². The Labute approximate surface area is 174 Å². The van der Waals surface area contributed by atoms with Gasteiger partial charge in [-0.05, 0) is 63.0 Å². The molecule has 0 aromatic carbocycles. The first-order valence-electron chi connectivity index (χ1n) is 11.1. The van der Waals surface area contributed by atoms with Gasteiger partial charge < -0.3 is 15.1 Å². The highest BCUT2D eigenvalue weighted by atomic mass is 32.2. The third-order valence-electron chi connectivity index (χ3n) is 6.82. The van der Waals surface area contributed by atoms with Crippen molar-refractivity contribution in [2.45, 2.75) is 64.0 Å². The lowest BCUT2D eigenvalue weighted by molar-refractivity contribution is 0.304. The highest BCUT2D eigenvalue weighted by Gasteiger charge is 2.40. The van der Waals surface area contributed by atoms with E-state index in [1.807, 2.05) is 12.1 Å². The lowest BCUT2D eigenvalue weighted by Crippen LogP contribution is -2.52. The molecular formula is C21H34N4O3S. The zero-order valence-corrected chi connectivity index (χ0v) is 18.2. The molecule has 2 N–H and O–H groups in total. The van der Waals surface area contributed by atoms with E-state index in [-0.39, 0.29) is 11.8 Å². The van der Waals surface area contributed by atoms with Crippen molar-refractivity contribution in [2.24, 2.45) is 16.8 Å². The average Bonchev–Trinajstić information content (AvgIpc) is 3.47. The predicted octanol–water partition coefficient (Wildman–Crippen LogP) is 2.36. The van der Waals surface area contributed by atoms with Crippen LogP contribution in [0.5, 0.6) is 0 Å². The van der Waals surface area contributed by atoms with Crippen LogP contribution in [0.3, 0.4) is 0 Å². The van der Waals surface area contributed by atoms with Crippen molar-refractivity contribution in [1.82, 2.24) is 14.9 Å². The Bertz CT molecular complexity index is 785. The summed E-state index contributed by atoms with van der Waals surface area (Å²) in [4.78, 5) is 4.83. The number of nitrogens with zero attached hydrogens (tertiary/aromatic N) is 2. The van der Waals surface area contributed by atoms with E-state index in [0.29, 0.717) is 25.7 Å². The number of fused-ring (bicyclic) bond motifs is 2. The van der Waals surface area contributed by atoms with E-state index < -0.39 is 10.0 Å². The van der Waals surface area contributed by atoms with Crippen LogP contribution < -0.4 is 10.6 Å². The van der Waals surface area contributed by atoms with Gasteiger partial charge >= 0.3 is 0 Å². The molecule has 1 aromatic rings. The quantitative estimate of drug-likeness (QED) is 0.520. The van der Waals surface area contributed by atoms with E-state index in [0.717, 1.165) is 42.8 Å². The maximum Gasteiger partial charge on any atom is 0.213 e. The highest BCUT2D eigenvalue weighted by Crippen LogP contribution is 2.44. The molecule has 2 heterocycles. The van der Waals surface area contributed by atoms with Gasteiger partial charge in [0.05, 0.1) is 12.0 Å². The molecule has 3 aliphatic rings. The van der Waals surface area contributed by atoms with E-state index >= 15 is 0 Å². The Morgan fingerprint density at radius 1 is 1.21 bits per heavy atom. The summed E-state index contributed by atoms with van der Waals surface area (Å²) in [6.07, 6.45) is 9.42. The van der Waals surface area contributed by atoms with Crippen molar-refractivity contribution in [3.63, 3.8) is 0 Å². The molecule has 3 unspecified atom stereocenters. The van der Waals surface area contributed by atoms with E-state index in [1.165, 1.54) is 25.7 Å². The standard InChI is InChI=1S/C21H34N4O3S/c1-2-29(26,27)25-11-8-18(9-12-25)23-21(22-10-7-19-4-3-13-28-19)24-20-15-16-5-6-17(20)14-16/h3-4,13,16-18,20H,2,5-12,14-15H2,1H3,(H2,22,23,24). The molecule has 0 spiro atoms. The van der Waals surface area contributed by atoms with Crippen molar-refractivity contribution in [3.05, 3.63) is 24.2 Å². The normalized spacial score (nSPS) is 28.7. The lowest BCUT2D eigenvalue weighted by Gasteiger charge is -2.33. The molecule has 2 saturated carbocycles. The molecule has 8 heteroatoms. The van der Waals surface area contributed by atoms with Gasteiger partial charge in [-0.25, -0.2) is 12.7 Å². The van der Waals surface area contributed by atoms with Crippen molar-refractivity contribution >= 4 is 16.0 Å². The maximum atomic E-state index is 12.1. The summed E-state index contributed by atoms with van der Waals surface area (Å²) >= 11 is 0. The molecule has 1 aliphatic heterocycles. The zero-order valence-electron chi connectivity index (χ0n) is 17.3. The smallest absolute Gasteiger partial charge is 0.213 e. The van der Waals surface area contributed by atoms with Crippen LogP contribution in [-0.4, -0.2) is 56.2 Å². The van der Waals surface area contributed by atoms with E-state index in [1.54, 1.807) is 17.5 Å². The summed E-state index contributed by atoms with van der Waals surface area (Å²) in [5.74, 6) is 3.66. The zero-order chi connectivity index (χ0) is 20.3. The first-order valence-corrected chi connectivity index (χ1v) is 12.7. The molecule has 0 amide bonds. The maximum absolute atomic E-state index is 12.1. The topological polar surface area (TPSA) is 86.9 Å². The molecule has 7 nitrogen and oxygen atoms in total. The van der Waals surface area contributed by atoms with Gasteiger partial charge in [-0.1, -0.05) is 6.42 Å². The predicted molar refractivity (Wildman–Crippen MR) is 114 cm³/mol. The van der Waals surface area contributed by atoms with Gasteiger partial charge in [0.15, 0.2) is 5.96 Å². The monoisotopic (exact) mass is 422 g/mol. The van der Waals surface area contributed by atoms with Gasteiger partial charge in [0.25, 0.3) is 0 Å². The van der Waals surface area contributed by atoms with Crippen LogP contribution in [0.25, 0.3) is 0 Å². The summed E-state index contributed by atoms with van der Waals surface area (Å²) < 4.78 is 31.3. The highest BCUT2D eigenvalue weighted by molar-refractivity contribution is 7.89. The van der Waals surface area contributed by atoms with Crippen LogP contribution in [0.4, 0.5) is 0 Å². The molecule has 162 valence electrons. The second kappa shape index (κ2) is 9.08. The molecule has 2 bridgehead atoms. The second-order valence-corrected chi connectivity index (χ2v) is 11.0. The Morgan fingerprint density at radius 3 is 2.66 bits per heavy atom. The fraction of sp³-hybridized carbons (Fsp3) is 0.762. The fourth-order valence-electron chi connectivity index (χ4n) is 5.12. The third kappa shape index (κ3) is 5.15. The van der Waals surface area contributed by atoms with Crippen LogP contribution in [-0.2, 0) is 16.4 Å². The number of aliphatic imine (C=N–C) groups is 1. The molecule has 0 radical (unpaired) electrons. The number of sulfonamides is 1. The number of rotatable bonds is 7. The number of guanidine groups is 1. The minimum atomic E-state index is -3.09. The number of hydrogen-bond acceptors (Lipinski definition) is 4. The van der Waals surface area contributed by atoms with Crippen LogP contribution in [0.2, 0.25) is 0 Å². The number of nitrogens with one attached hydrogen (secondary N) is 2. The summed E-state index contributed by atoms with van der Waals surface area (Å²) in [6, 6.07) is 4.66. The van der Waals surface area contributed by atoms with E-state index in [2.05, 4.69) is 10.6 Å². The SMILES string of the molecule is CCS(=O)(=O)N1CCC(NC(=NCCc2ccco2)NC2CC3CCC2C3)CC1. The molecule has 3 atom stereocenters. The van der Waals surface area contributed by atoms with Gasteiger partial charge in [-0.3, -0.25) is 4.99 Å². The minimum absolute atomic E-state index is 0.177. The number of hydrogen-bond donors (Lipinski definition) is 2. The molecule has 1 aromatic heterocycles. The van der Waals surface area contributed by atoms with Crippen molar-refractivity contribution in [3.8, 4) is 0 Å². The summed E-state index contributed by atoms with van der Waals surface area (Å²) in [7, 11) is -3.09. The molecule has 2 aliphatic carbocycles. The summed E-state index contributed by atoms with van der Waals surface area (Å²) in [5, 5.41) is 7.30. The Balaban J connectivity index is 1.34. The second-order valence-electron chi connectivity index (χ2n) is 8.70. The first kappa shape index (κ1) is 20.7. The average molecular weight is 423 g/mol. The van der Waals surface area contributed by atoms with E-state index in [9.17, 15) is 8.42 Å². The third-order valence-corrected chi connectivity index (χ3v) is 8.70. The largest absolute Gasteiger partial charge is 0.469 e. The van der Waals surface area contributed by atoms with Gasteiger partial charge in [-0.15, -0.1) is 0 Å². The molecule has 4 rings (SSSR count). The summed E-state index contributed by atoms with van der Waals surface area (Å²) in [5.41, 5.74) is 0. The number of piperidine rings is 1. The molecular weight excluding hydrogens is 388 g/mol. The Kier molecular flexibility index (Phi) is 6.49. The minimum Gasteiger partial charge on any atom is -0.469 e. The fourth-order valence-corrected chi connectivity index (χ4v) is 6.25.